The second kappa shape index (κ2) is 7.86. The SMILES string of the molecule is CCOc1ccc(N2C[C@H](NC(=O)c3ccccc3[N+](=O)[O-])CC2=O)cc1. The van der Waals surface area contributed by atoms with Crippen molar-refractivity contribution in [2.45, 2.75) is 19.4 Å². The zero-order valence-electron chi connectivity index (χ0n) is 14.8. The molecule has 8 heteroatoms. The maximum atomic E-state index is 12.4. The molecule has 8 nitrogen and oxygen atoms in total. The Hall–Kier alpha value is -3.42. The van der Waals surface area contributed by atoms with Crippen molar-refractivity contribution in [2.75, 3.05) is 18.1 Å². The molecule has 140 valence electrons. The van der Waals surface area contributed by atoms with E-state index in [-0.39, 0.29) is 23.6 Å². The summed E-state index contributed by atoms with van der Waals surface area (Å²) in [6, 6.07) is 12.5. The van der Waals surface area contributed by atoms with Crippen LogP contribution in [0.4, 0.5) is 11.4 Å². The number of benzene rings is 2. The number of amides is 2. The van der Waals surface area contributed by atoms with Gasteiger partial charge in [0, 0.05) is 24.7 Å². The molecule has 2 aromatic rings. The number of para-hydroxylation sites is 1. The molecule has 1 aliphatic heterocycles. The Morgan fingerprint density at radius 1 is 1.26 bits per heavy atom. The van der Waals surface area contributed by atoms with E-state index < -0.39 is 16.9 Å². The number of rotatable bonds is 6. The second-order valence-corrected chi connectivity index (χ2v) is 6.08. The van der Waals surface area contributed by atoms with E-state index in [1.54, 1.807) is 35.2 Å². The molecule has 1 saturated heterocycles. The van der Waals surface area contributed by atoms with Gasteiger partial charge in [0.2, 0.25) is 5.91 Å². The van der Waals surface area contributed by atoms with Crippen molar-refractivity contribution < 1.29 is 19.2 Å². The molecule has 1 N–H and O–H groups in total. The second-order valence-electron chi connectivity index (χ2n) is 6.08. The first kappa shape index (κ1) is 18.4. The topological polar surface area (TPSA) is 102 Å². The summed E-state index contributed by atoms with van der Waals surface area (Å²) >= 11 is 0. The van der Waals surface area contributed by atoms with Gasteiger partial charge in [-0.3, -0.25) is 19.7 Å². The maximum Gasteiger partial charge on any atom is 0.282 e. The van der Waals surface area contributed by atoms with E-state index in [2.05, 4.69) is 5.32 Å². The molecular weight excluding hydrogens is 350 g/mol. The predicted molar refractivity (Wildman–Crippen MR) is 98.9 cm³/mol. The first-order valence-corrected chi connectivity index (χ1v) is 8.57. The van der Waals surface area contributed by atoms with Crippen LogP contribution >= 0.6 is 0 Å². The molecule has 2 amide bonds. The smallest absolute Gasteiger partial charge is 0.282 e. The van der Waals surface area contributed by atoms with Gasteiger partial charge in [-0.15, -0.1) is 0 Å². The minimum atomic E-state index is -0.596. The van der Waals surface area contributed by atoms with Crippen LogP contribution in [-0.4, -0.2) is 35.9 Å². The largest absolute Gasteiger partial charge is 0.494 e. The summed E-state index contributed by atoms with van der Waals surface area (Å²) in [6.45, 7) is 2.75. The number of carbonyl (C=O) groups is 2. The Balaban J connectivity index is 1.69. The fourth-order valence-electron chi connectivity index (χ4n) is 3.03. The van der Waals surface area contributed by atoms with Crippen molar-refractivity contribution >= 4 is 23.2 Å². The summed E-state index contributed by atoms with van der Waals surface area (Å²) in [5.74, 6) is 0.0369. The number of nitro benzene ring substituents is 1. The third kappa shape index (κ3) is 4.05. The molecule has 1 heterocycles. The van der Waals surface area contributed by atoms with Crippen molar-refractivity contribution in [3.8, 4) is 5.75 Å². The number of carbonyl (C=O) groups excluding carboxylic acids is 2. The van der Waals surface area contributed by atoms with Crippen LogP contribution in [0.3, 0.4) is 0 Å². The zero-order chi connectivity index (χ0) is 19.4. The lowest BCUT2D eigenvalue weighted by molar-refractivity contribution is -0.385. The van der Waals surface area contributed by atoms with Gasteiger partial charge >= 0.3 is 0 Å². The lowest BCUT2D eigenvalue weighted by Crippen LogP contribution is -2.37. The van der Waals surface area contributed by atoms with Gasteiger partial charge in [-0.2, -0.15) is 0 Å². The Morgan fingerprint density at radius 3 is 2.63 bits per heavy atom. The van der Waals surface area contributed by atoms with E-state index in [1.165, 1.54) is 18.2 Å². The van der Waals surface area contributed by atoms with Gasteiger partial charge in [0.1, 0.15) is 11.3 Å². The first-order valence-electron chi connectivity index (χ1n) is 8.57. The van der Waals surface area contributed by atoms with E-state index in [1.807, 2.05) is 6.92 Å². The van der Waals surface area contributed by atoms with Crippen molar-refractivity contribution in [2.24, 2.45) is 0 Å². The van der Waals surface area contributed by atoms with Crippen LogP contribution in [0.5, 0.6) is 5.75 Å². The van der Waals surface area contributed by atoms with Crippen molar-refractivity contribution in [1.82, 2.24) is 5.32 Å². The number of hydrogen-bond donors (Lipinski definition) is 1. The van der Waals surface area contributed by atoms with Crippen LogP contribution < -0.4 is 15.0 Å². The normalized spacial score (nSPS) is 16.3. The van der Waals surface area contributed by atoms with E-state index in [0.29, 0.717) is 24.6 Å². The van der Waals surface area contributed by atoms with E-state index in [9.17, 15) is 19.7 Å². The average Bonchev–Trinajstić information content (AvgIpc) is 3.02. The van der Waals surface area contributed by atoms with E-state index >= 15 is 0 Å². The molecule has 0 spiro atoms. The number of ether oxygens (including phenoxy) is 1. The van der Waals surface area contributed by atoms with Crippen LogP contribution in [0.1, 0.15) is 23.7 Å². The van der Waals surface area contributed by atoms with Crippen LogP contribution in [-0.2, 0) is 4.79 Å². The number of hydrogen-bond acceptors (Lipinski definition) is 5. The van der Waals surface area contributed by atoms with Crippen molar-refractivity contribution in [3.63, 3.8) is 0 Å². The molecule has 2 aromatic carbocycles. The standard InChI is InChI=1S/C19H19N3O5/c1-2-27-15-9-7-14(8-10-15)21-12-13(11-18(21)23)20-19(24)16-5-3-4-6-17(16)22(25)26/h3-10,13H,2,11-12H2,1H3,(H,20,24)/t13-/m1/s1. The maximum absolute atomic E-state index is 12.4. The van der Waals surface area contributed by atoms with Gasteiger partial charge in [0.25, 0.3) is 11.6 Å². The number of anilines is 1. The highest BCUT2D eigenvalue weighted by Gasteiger charge is 2.32. The first-order chi connectivity index (χ1) is 13.0. The Kier molecular flexibility index (Phi) is 5.35. The quantitative estimate of drug-likeness (QED) is 0.623. The third-order valence-electron chi connectivity index (χ3n) is 4.27. The molecular formula is C19H19N3O5. The summed E-state index contributed by atoms with van der Waals surface area (Å²) in [5, 5.41) is 13.8. The Labute approximate surface area is 155 Å². The highest BCUT2D eigenvalue weighted by molar-refractivity contribution is 6.00. The number of nitro groups is 1. The van der Waals surface area contributed by atoms with Gasteiger partial charge in [-0.05, 0) is 37.3 Å². The molecule has 0 unspecified atom stereocenters. The lowest BCUT2D eigenvalue weighted by Gasteiger charge is -2.17. The fraction of sp³-hybridized carbons (Fsp3) is 0.263. The summed E-state index contributed by atoms with van der Waals surface area (Å²) in [6.07, 6.45) is 0.138. The highest BCUT2D eigenvalue weighted by Crippen LogP contribution is 2.25. The number of nitrogens with one attached hydrogen (secondary N) is 1. The van der Waals surface area contributed by atoms with Crippen molar-refractivity contribution in [3.05, 3.63) is 64.2 Å². The van der Waals surface area contributed by atoms with Gasteiger partial charge < -0.3 is 15.0 Å². The summed E-state index contributed by atoms with van der Waals surface area (Å²) in [7, 11) is 0. The van der Waals surface area contributed by atoms with E-state index in [0.717, 1.165) is 0 Å². The number of nitrogens with zero attached hydrogens (tertiary/aromatic N) is 2. The predicted octanol–water partition coefficient (Wildman–Crippen LogP) is 2.53. The van der Waals surface area contributed by atoms with Crippen LogP contribution in [0.15, 0.2) is 48.5 Å². The molecule has 3 rings (SSSR count). The van der Waals surface area contributed by atoms with Gasteiger partial charge in [-0.25, -0.2) is 0 Å². The Bertz CT molecular complexity index is 866. The van der Waals surface area contributed by atoms with Gasteiger partial charge in [0.05, 0.1) is 17.6 Å². The molecule has 0 aliphatic carbocycles. The van der Waals surface area contributed by atoms with Crippen LogP contribution in [0.2, 0.25) is 0 Å². The van der Waals surface area contributed by atoms with Gasteiger partial charge in [0.15, 0.2) is 0 Å². The molecule has 27 heavy (non-hydrogen) atoms. The zero-order valence-corrected chi connectivity index (χ0v) is 14.8. The molecule has 0 radical (unpaired) electrons. The molecule has 0 saturated carbocycles. The van der Waals surface area contributed by atoms with Crippen LogP contribution in [0.25, 0.3) is 0 Å². The summed E-state index contributed by atoms with van der Waals surface area (Å²) in [5.41, 5.74) is 0.433. The monoisotopic (exact) mass is 369 g/mol. The molecule has 0 aromatic heterocycles. The molecule has 0 bridgehead atoms. The molecule has 1 aliphatic rings. The lowest BCUT2D eigenvalue weighted by atomic mass is 10.1. The van der Waals surface area contributed by atoms with Gasteiger partial charge in [-0.1, -0.05) is 12.1 Å². The molecule has 1 fully saturated rings. The third-order valence-corrected chi connectivity index (χ3v) is 4.27. The summed E-state index contributed by atoms with van der Waals surface area (Å²) in [4.78, 5) is 36.8. The molecule has 1 atom stereocenters. The minimum Gasteiger partial charge on any atom is -0.494 e. The fourth-order valence-corrected chi connectivity index (χ4v) is 3.03. The minimum absolute atomic E-state index is 0.0190. The average molecular weight is 369 g/mol. The highest BCUT2D eigenvalue weighted by atomic mass is 16.6. The van der Waals surface area contributed by atoms with E-state index in [4.69, 9.17) is 4.74 Å². The van der Waals surface area contributed by atoms with Crippen LogP contribution in [0, 0.1) is 10.1 Å². The summed E-state index contributed by atoms with van der Waals surface area (Å²) < 4.78 is 5.39. The van der Waals surface area contributed by atoms with Crippen molar-refractivity contribution in [1.29, 1.82) is 0 Å². The Morgan fingerprint density at radius 2 is 1.96 bits per heavy atom.